The van der Waals surface area contributed by atoms with E-state index in [2.05, 4.69) is 37.3 Å². The fraction of sp³-hybridized carbons (Fsp3) is 0.0833. The molecule has 7 heteroatoms. The van der Waals surface area contributed by atoms with Gasteiger partial charge >= 0.3 is 0 Å². The van der Waals surface area contributed by atoms with Crippen molar-refractivity contribution in [2.75, 3.05) is 5.73 Å². The average molecular weight is 270 g/mol. The number of benzene rings is 1. The third kappa shape index (κ3) is 2.60. The zero-order valence-corrected chi connectivity index (χ0v) is 10.7. The van der Waals surface area contributed by atoms with E-state index in [1.165, 1.54) is 11.9 Å². The number of nitrogens with two attached hydrogens (primary N) is 1. The minimum absolute atomic E-state index is 0.186. The molecule has 0 saturated carbocycles. The first-order valence-electron chi connectivity index (χ1n) is 5.60. The molecule has 0 bridgehead atoms. The molecule has 1 aromatic carbocycles. The molecular weight excluding hydrogens is 260 g/mol. The number of nitrogen functional groups attached to an aromatic ring is 1. The summed E-state index contributed by atoms with van der Waals surface area (Å²) in [4.78, 5) is 12.4. The molecule has 0 radical (unpaired) electrons. The Balaban J connectivity index is 1.92. The third-order valence-electron chi connectivity index (χ3n) is 2.46. The van der Waals surface area contributed by atoms with Crippen LogP contribution in [0.4, 0.5) is 5.95 Å². The van der Waals surface area contributed by atoms with Crippen LogP contribution in [0.2, 0.25) is 0 Å². The van der Waals surface area contributed by atoms with Gasteiger partial charge in [-0.05, 0) is 5.56 Å². The first-order chi connectivity index (χ1) is 9.33. The van der Waals surface area contributed by atoms with E-state index in [1.54, 1.807) is 11.8 Å². The monoisotopic (exact) mass is 270 g/mol. The van der Waals surface area contributed by atoms with Crippen LogP contribution in [0.5, 0.6) is 0 Å². The van der Waals surface area contributed by atoms with Crippen molar-refractivity contribution < 1.29 is 0 Å². The lowest BCUT2D eigenvalue weighted by Gasteiger charge is -2.04. The number of nitrogens with zero attached hydrogens (tertiary/aromatic N) is 5. The van der Waals surface area contributed by atoms with Gasteiger partial charge in [-0.2, -0.15) is 4.98 Å². The van der Waals surface area contributed by atoms with Crippen LogP contribution in [0.15, 0.2) is 41.7 Å². The quantitative estimate of drug-likeness (QED) is 0.572. The standard InChI is InChI=1S/C12H10N6S/c13-12-16-10-9(14-7-15-18-10)11(17-12)19-6-8-4-2-1-3-5-8/h1-5,7H,6H2,(H2,13,16,17,18). The Bertz CT molecular complexity index is 703. The van der Waals surface area contributed by atoms with Crippen molar-refractivity contribution in [2.45, 2.75) is 10.8 Å². The zero-order chi connectivity index (χ0) is 13.1. The van der Waals surface area contributed by atoms with Gasteiger partial charge in [-0.3, -0.25) is 0 Å². The summed E-state index contributed by atoms with van der Waals surface area (Å²) in [6.07, 6.45) is 1.38. The molecule has 3 rings (SSSR count). The Kier molecular flexibility index (Phi) is 3.20. The summed E-state index contributed by atoms with van der Waals surface area (Å²) in [6, 6.07) is 10.1. The van der Waals surface area contributed by atoms with E-state index in [0.29, 0.717) is 11.2 Å². The van der Waals surface area contributed by atoms with E-state index in [0.717, 1.165) is 10.8 Å². The molecule has 6 nitrogen and oxygen atoms in total. The summed E-state index contributed by atoms with van der Waals surface area (Å²) < 4.78 is 0. The van der Waals surface area contributed by atoms with E-state index in [4.69, 9.17) is 5.73 Å². The van der Waals surface area contributed by atoms with Crippen LogP contribution in [-0.2, 0) is 5.75 Å². The first kappa shape index (κ1) is 11.8. The molecular formula is C12H10N6S. The minimum atomic E-state index is 0.186. The van der Waals surface area contributed by atoms with Crippen molar-refractivity contribution in [1.82, 2.24) is 25.1 Å². The smallest absolute Gasteiger partial charge is 0.223 e. The van der Waals surface area contributed by atoms with Crippen molar-refractivity contribution in [3.05, 3.63) is 42.2 Å². The summed E-state index contributed by atoms with van der Waals surface area (Å²) in [6.45, 7) is 0. The predicted molar refractivity (Wildman–Crippen MR) is 73.3 cm³/mol. The molecule has 0 aliphatic carbocycles. The number of hydrogen-bond donors (Lipinski definition) is 1. The van der Waals surface area contributed by atoms with Crippen LogP contribution in [-0.4, -0.2) is 25.1 Å². The predicted octanol–water partition coefficient (Wildman–Crippen LogP) is 1.69. The maximum Gasteiger partial charge on any atom is 0.223 e. The molecule has 2 heterocycles. The average Bonchev–Trinajstić information content (AvgIpc) is 2.45. The minimum Gasteiger partial charge on any atom is -0.368 e. The Morgan fingerprint density at radius 1 is 1.11 bits per heavy atom. The summed E-state index contributed by atoms with van der Waals surface area (Å²) in [5.41, 5.74) is 7.92. The van der Waals surface area contributed by atoms with Gasteiger partial charge in [0.2, 0.25) is 11.6 Å². The Morgan fingerprint density at radius 3 is 2.79 bits per heavy atom. The van der Waals surface area contributed by atoms with Gasteiger partial charge in [0, 0.05) is 5.75 Å². The van der Waals surface area contributed by atoms with Crippen LogP contribution < -0.4 is 5.73 Å². The van der Waals surface area contributed by atoms with Crippen molar-refractivity contribution in [2.24, 2.45) is 0 Å². The lowest BCUT2D eigenvalue weighted by molar-refractivity contribution is 0.968. The number of aromatic nitrogens is 5. The maximum absolute atomic E-state index is 5.66. The second kappa shape index (κ2) is 5.15. The van der Waals surface area contributed by atoms with Gasteiger partial charge < -0.3 is 5.73 Å². The SMILES string of the molecule is Nc1nc(SCc2ccccc2)c2ncnnc2n1. The van der Waals surface area contributed by atoms with Crippen molar-refractivity contribution in [3.63, 3.8) is 0 Å². The van der Waals surface area contributed by atoms with Gasteiger partial charge in [0.15, 0.2) is 0 Å². The van der Waals surface area contributed by atoms with Crippen LogP contribution in [0.3, 0.4) is 0 Å². The molecule has 0 aliphatic heterocycles. The molecule has 0 aliphatic rings. The van der Waals surface area contributed by atoms with Crippen molar-refractivity contribution >= 4 is 28.9 Å². The number of rotatable bonds is 3. The molecule has 0 amide bonds. The molecule has 19 heavy (non-hydrogen) atoms. The van der Waals surface area contributed by atoms with E-state index in [9.17, 15) is 0 Å². The lowest BCUT2D eigenvalue weighted by Crippen LogP contribution is -2.01. The van der Waals surface area contributed by atoms with E-state index < -0.39 is 0 Å². The molecule has 2 aromatic heterocycles. The number of anilines is 1. The second-order valence-corrected chi connectivity index (χ2v) is 4.76. The number of hydrogen-bond acceptors (Lipinski definition) is 7. The highest BCUT2D eigenvalue weighted by Gasteiger charge is 2.09. The highest BCUT2D eigenvalue weighted by atomic mass is 32.2. The topological polar surface area (TPSA) is 90.5 Å². The van der Waals surface area contributed by atoms with Gasteiger partial charge in [0.05, 0.1) is 0 Å². The largest absolute Gasteiger partial charge is 0.368 e. The lowest BCUT2D eigenvalue weighted by atomic mass is 10.2. The van der Waals surface area contributed by atoms with E-state index in [1.807, 2.05) is 18.2 Å². The summed E-state index contributed by atoms with van der Waals surface area (Å²) in [5, 5.41) is 8.32. The number of fused-ring (bicyclic) bond motifs is 1. The van der Waals surface area contributed by atoms with Crippen LogP contribution >= 0.6 is 11.8 Å². The normalized spacial score (nSPS) is 10.7. The molecule has 2 N–H and O–H groups in total. The fourth-order valence-electron chi connectivity index (χ4n) is 1.61. The zero-order valence-electron chi connectivity index (χ0n) is 9.89. The molecule has 0 atom stereocenters. The molecule has 3 aromatic rings. The highest BCUT2D eigenvalue weighted by Crippen LogP contribution is 2.25. The maximum atomic E-state index is 5.66. The fourth-order valence-corrected chi connectivity index (χ4v) is 2.55. The van der Waals surface area contributed by atoms with E-state index in [-0.39, 0.29) is 5.95 Å². The molecule has 0 fully saturated rings. The van der Waals surface area contributed by atoms with Crippen LogP contribution in [0.1, 0.15) is 5.56 Å². The van der Waals surface area contributed by atoms with Gasteiger partial charge in [-0.15, -0.1) is 10.2 Å². The van der Waals surface area contributed by atoms with Crippen molar-refractivity contribution in [3.8, 4) is 0 Å². The van der Waals surface area contributed by atoms with Gasteiger partial charge in [-0.1, -0.05) is 42.1 Å². The Labute approximate surface area is 113 Å². The van der Waals surface area contributed by atoms with Gasteiger partial charge in [0.25, 0.3) is 0 Å². The summed E-state index contributed by atoms with van der Waals surface area (Å²) in [7, 11) is 0. The van der Waals surface area contributed by atoms with Gasteiger partial charge in [-0.25, -0.2) is 9.97 Å². The van der Waals surface area contributed by atoms with E-state index >= 15 is 0 Å². The Morgan fingerprint density at radius 2 is 1.95 bits per heavy atom. The third-order valence-corrected chi connectivity index (χ3v) is 3.50. The number of thioether (sulfide) groups is 1. The first-order valence-corrected chi connectivity index (χ1v) is 6.59. The Hall–Kier alpha value is -2.28. The molecule has 0 spiro atoms. The second-order valence-electron chi connectivity index (χ2n) is 3.79. The van der Waals surface area contributed by atoms with Crippen molar-refractivity contribution in [1.29, 1.82) is 0 Å². The van der Waals surface area contributed by atoms with Gasteiger partial charge in [0.1, 0.15) is 16.9 Å². The highest BCUT2D eigenvalue weighted by molar-refractivity contribution is 7.98. The molecule has 0 saturated heterocycles. The van der Waals surface area contributed by atoms with Crippen LogP contribution in [0.25, 0.3) is 11.2 Å². The summed E-state index contributed by atoms with van der Waals surface area (Å²) in [5.74, 6) is 0.974. The molecule has 94 valence electrons. The summed E-state index contributed by atoms with van der Waals surface area (Å²) >= 11 is 1.56. The molecule has 0 unspecified atom stereocenters. The van der Waals surface area contributed by atoms with Crippen LogP contribution in [0, 0.1) is 0 Å².